The summed E-state index contributed by atoms with van der Waals surface area (Å²) in [6, 6.07) is 47.4. The summed E-state index contributed by atoms with van der Waals surface area (Å²) >= 11 is 0. The molecule has 0 aliphatic heterocycles. The predicted octanol–water partition coefficient (Wildman–Crippen LogP) is 9.59. The first-order chi connectivity index (χ1) is 20.3. The fourth-order valence-corrected chi connectivity index (χ4v) is 5.46. The first kappa shape index (κ1) is 23.3. The van der Waals surface area contributed by atoms with Gasteiger partial charge in [-0.05, 0) is 46.5 Å². The smallest absolute Gasteiger partial charge is 0.227 e. The van der Waals surface area contributed by atoms with Crippen LogP contribution in [0.2, 0.25) is 0 Å². The maximum atomic E-state index is 6.22. The fourth-order valence-electron chi connectivity index (χ4n) is 5.46. The highest BCUT2D eigenvalue weighted by atomic mass is 16.3. The molecule has 192 valence electrons. The highest BCUT2D eigenvalue weighted by Gasteiger charge is 2.15. The lowest BCUT2D eigenvalue weighted by Crippen LogP contribution is -1.96. The van der Waals surface area contributed by atoms with Crippen LogP contribution in [0.15, 0.2) is 144 Å². The molecule has 0 amide bonds. The van der Waals surface area contributed by atoms with E-state index in [-0.39, 0.29) is 0 Å². The summed E-state index contributed by atoms with van der Waals surface area (Å²) in [5.41, 5.74) is 7.41. The molecular formula is C37H23N3O. The van der Waals surface area contributed by atoms with Crippen LogP contribution in [0.4, 0.5) is 0 Å². The number of hydrogen-bond acceptors (Lipinski definition) is 4. The van der Waals surface area contributed by atoms with E-state index in [2.05, 4.69) is 66.7 Å². The van der Waals surface area contributed by atoms with Crippen LogP contribution >= 0.6 is 0 Å². The summed E-state index contributed by atoms with van der Waals surface area (Å²) in [6.45, 7) is 0. The lowest BCUT2D eigenvalue weighted by atomic mass is 9.98. The molecule has 0 radical (unpaired) electrons. The van der Waals surface area contributed by atoms with E-state index in [0.717, 1.165) is 66.3 Å². The van der Waals surface area contributed by atoms with Gasteiger partial charge in [-0.3, -0.25) is 0 Å². The van der Waals surface area contributed by atoms with Crippen molar-refractivity contribution in [2.75, 3.05) is 0 Å². The molecule has 0 saturated heterocycles. The Morgan fingerprint density at radius 3 is 1.66 bits per heavy atom. The molecule has 41 heavy (non-hydrogen) atoms. The number of nitrogens with zero attached hydrogens (tertiary/aromatic N) is 3. The van der Waals surface area contributed by atoms with Gasteiger partial charge in [0.25, 0.3) is 0 Å². The Labute approximate surface area is 236 Å². The molecule has 0 spiro atoms. The van der Waals surface area contributed by atoms with Gasteiger partial charge in [0.15, 0.2) is 11.4 Å². The molecule has 0 aliphatic carbocycles. The van der Waals surface area contributed by atoms with Crippen molar-refractivity contribution in [1.29, 1.82) is 0 Å². The Bertz CT molecular complexity index is 2130. The van der Waals surface area contributed by atoms with Crippen LogP contribution < -0.4 is 0 Å². The van der Waals surface area contributed by atoms with Crippen molar-refractivity contribution in [2.24, 2.45) is 0 Å². The molecule has 8 rings (SSSR count). The Morgan fingerprint density at radius 1 is 0.439 bits per heavy atom. The minimum Gasteiger partial charge on any atom is -0.436 e. The maximum Gasteiger partial charge on any atom is 0.227 e. The highest BCUT2D eigenvalue weighted by Crippen LogP contribution is 2.36. The van der Waals surface area contributed by atoms with Crippen molar-refractivity contribution in [1.82, 2.24) is 15.0 Å². The van der Waals surface area contributed by atoms with Gasteiger partial charge in [0.1, 0.15) is 5.52 Å². The zero-order valence-electron chi connectivity index (χ0n) is 22.0. The summed E-state index contributed by atoms with van der Waals surface area (Å²) in [6.07, 6.45) is 0. The molecule has 0 atom stereocenters. The minimum atomic E-state index is 0.618. The van der Waals surface area contributed by atoms with E-state index in [1.165, 1.54) is 0 Å². The number of aromatic nitrogens is 3. The molecule has 8 aromatic rings. The summed E-state index contributed by atoms with van der Waals surface area (Å²) < 4.78 is 6.22. The lowest BCUT2D eigenvalue weighted by Gasteiger charge is -2.11. The lowest BCUT2D eigenvalue weighted by molar-refractivity contribution is 0.620. The summed E-state index contributed by atoms with van der Waals surface area (Å²) in [7, 11) is 0. The zero-order valence-corrected chi connectivity index (χ0v) is 22.0. The Balaban J connectivity index is 1.36. The quantitative estimate of drug-likeness (QED) is 0.215. The average Bonchev–Trinajstić information content (AvgIpc) is 3.50. The molecule has 2 heterocycles. The number of hydrogen-bond donors (Lipinski definition) is 0. The van der Waals surface area contributed by atoms with Gasteiger partial charge >= 0.3 is 0 Å². The van der Waals surface area contributed by atoms with Crippen molar-refractivity contribution in [3.8, 4) is 45.4 Å². The van der Waals surface area contributed by atoms with Crippen LogP contribution in [-0.4, -0.2) is 15.0 Å². The van der Waals surface area contributed by atoms with Crippen molar-refractivity contribution in [3.63, 3.8) is 0 Å². The third-order valence-electron chi connectivity index (χ3n) is 7.50. The Kier molecular flexibility index (Phi) is 5.42. The second kappa shape index (κ2) is 9.54. The van der Waals surface area contributed by atoms with Crippen LogP contribution in [0.1, 0.15) is 0 Å². The SMILES string of the molecule is c1ccc(-c2cc(-c3ccccc3)nc(-c3ccc4ccc5ccc6oc(-c7ccccc7)nc6c5c4c3)n2)cc1. The standard InChI is InChI=1S/C37H23N3O/c1-4-10-25(11-5-1)31-23-32(26-12-6-2-7-13-26)39-36(38-31)29-19-17-24-16-18-27-20-21-33-35(34(27)30(24)22-29)40-37(41-33)28-14-8-3-9-15-28/h1-23H. The van der Waals surface area contributed by atoms with Crippen LogP contribution in [0.25, 0.3) is 78.0 Å². The summed E-state index contributed by atoms with van der Waals surface area (Å²) in [4.78, 5) is 15.1. The van der Waals surface area contributed by atoms with Gasteiger partial charge in [-0.1, -0.05) is 109 Å². The van der Waals surface area contributed by atoms with Gasteiger partial charge in [0.2, 0.25) is 5.89 Å². The second-order valence-electron chi connectivity index (χ2n) is 10.1. The Morgan fingerprint density at radius 2 is 1.00 bits per heavy atom. The molecule has 0 fully saturated rings. The molecule has 6 aromatic carbocycles. The molecule has 0 saturated carbocycles. The molecule has 2 aromatic heterocycles. The van der Waals surface area contributed by atoms with Crippen molar-refractivity contribution in [2.45, 2.75) is 0 Å². The molecule has 0 bridgehead atoms. The molecule has 0 aliphatic rings. The molecule has 0 N–H and O–H groups in total. The van der Waals surface area contributed by atoms with Crippen LogP contribution in [0.3, 0.4) is 0 Å². The highest BCUT2D eigenvalue weighted by molar-refractivity contribution is 6.18. The largest absolute Gasteiger partial charge is 0.436 e. The number of fused-ring (bicyclic) bond motifs is 5. The van der Waals surface area contributed by atoms with E-state index in [9.17, 15) is 0 Å². The van der Waals surface area contributed by atoms with Gasteiger partial charge in [-0.15, -0.1) is 0 Å². The van der Waals surface area contributed by atoms with E-state index in [1.54, 1.807) is 0 Å². The monoisotopic (exact) mass is 525 g/mol. The molecule has 4 nitrogen and oxygen atoms in total. The molecule has 4 heteroatoms. The number of oxazole rings is 1. The zero-order chi connectivity index (χ0) is 27.2. The topological polar surface area (TPSA) is 51.8 Å². The van der Waals surface area contributed by atoms with Gasteiger partial charge < -0.3 is 4.42 Å². The predicted molar refractivity (Wildman–Crippen MR) is 166 cm³/mol. The second-order valence-corrected chi connectivity index (χ2v) is 10.1. The molecular weight excluding hydrogens is 502 g/mol. The first-order valence-corrected chi connectivity index (χ1v) is 13.6. The van der Waals surface area contributed by atoms with Crippen LogP contribution in [0.5, 0.6) is 0 Å². The van der Waals surface area contributed by atoms with E-state index in [4.69, 9.17) is 19.4 Å². The van der Waals surface area contributed by atoms with Crippen molar-refractivity contribution in [3.05, 3.63) is 140 Å². The van der Waals surface area contributed by atoms with Crippen LogP contribution in [-0.2, 0) is 0 Å². The van der Waals surface area contributed by atoms with E-state index < -0.39 is 0 Å². The van der Waals surface area contributed by atoms with Gasteiger partial charge in [0, 0.05) is 27.6 Å². The van der Waals surface area contributed by atoms with Gasteiger partial charge in [0.05, 0.1) is 11.4 Å². The van der Waals surface area contributed by atoms with Crippen molar-refractivity contribution >= 4 is 32.6 Å². The Hall–Kier alpha value is -5.61. The normalized spacial score (nSPS) is 11.4. The van der Waals surface area contributed by atoms with E-state index >= 15 is 0 Å². The van der Waals surface area contributed by atoms with Gasteiger partial charge in [-0.2, -0.15) is 0 Å². The minimum absolute atomic E-state index is 0.618. The first-order valence-electron chi connectivity index (χ1n) is 13.6. The van der Waals surface area contributed by atoms with E-state index in [1.807, 2.05) is 72.8 Å². The fraction of sp³-hybridized carbons (Fsp3) is 0. The number of rotatable bonds is 4. The van der Waals surface area contributed by atoms with E-state index in [0.29, 0.717) is 11.7 Å². The van der Waals surface area contributed by atoms with Crippen molar-refractivity contribution < 1.29 is 4.42 Å². The van der Waals surface area contributed by atoms with Gasteiger partial charge in [-0.25, -0.2) is 15.0 Å². The summed E-state index contributed by atoms with van der Waals surface area (Å²) in [5.74, 6) is 1.30. The average molecular weight is 526 g/mol. The summed E-state index contributed by atoms with van der Waals surface area (Å²) in [5, 5.41) is 4.39. The number of benzene rings is 6. The third kappa shape index (κ3) is 4.14. The third-order valence-corrected chi connectivity index (χ3v) is 7.50. The molecule has 0 unspecified atom stereocenters. The van der Waals surface area contributed by atoms with Crippen LogP contribution in [0, 0.1) is 0 Å². The maximum absolute atomic E-state index is 6.22.